The quantitative estimate of drug-likeness (QED) is 0.480. The van der Waals surface area contributed by atoms with E-state index in [2.05, 4.69) is 34.4 Å². The Morgan fingerprint density at radius 1 is 1.35 bits per heavy atom. The SMILES string of the molecule is Cc1ccc(NC(N)=NCc2nncn2C)cc1C.I. The summed E-state index contributed by atoms with van der Waals surface area (Å²) in [6, 6.07) is 6.07. The van der Waals surface area contributed by atoms with Crippen LogP contribution in [0.3, 0.4) is 0 Å². The smallest absolute Gasteiger partial charge is 0.193 e. The summed E-state index contributed by atoms with van der Waals surface area (Å²) in [5.41, 5.74) is 9.24. The van der Waals surface area contributed by atoms with Crippen LogP contribution in [0.5, 0.6) is 0 Å². The second-order valence-corrected chi connectivity index (χ2v) is 4.48. The van der Waals surface area contributed by atoms with Crippen molar-refractivity contribution in [3.05, 3.63) is 41.5 Å². The van der Waals surface area contributed by atoms with Gasteiger partial charge in [-0.2, -0.15) is 0 Å². The summed E-state index contributed by atoms with van der Waals surface area (Å²) in [5, 5.41) is 10.8. The van der Waals surface area contributed by atoms with Gasteiger partial charge in [-0.25, -0.2) is 4.99 Å². The van der Waals surface area contributed by atoms with Gasteiger partial charge in [-0.3, -0.25) is 0 Å². The van der Waals surface area contributed by atoms with Crippen LogP contribution in [0.2, 0.25) is 0 Å². The Bertz CT molecular complexity index is 605. The number of benzene rings is 1. The number of aromatic nitrogens is 3. The molecule has 1 aromatic carbocycles. The number of nitrogens with zero attached hydrogens (tertiary/aromatic N) is 4. The number of rotatable bonds is 3. The summed E-state index contributed by atoms with van der Waals surface area (Å²) in [5.74, 6) is 1.14. The van der Waals surface area contributed by atoms with E-state index in [9.17, 15) is 0 Å². The predicted octanol–water partition coefficient (Wildman–Crippen LogP) is 1.98. The Hall–Kier alpha value is -1.64. The van der Waals surface area contributed by atoms with E-state index in [1.165, 1.54) is 11.1 Å². The number of aryl methyl sites for hydroxylation is 3. The van der Waals surface area contributed by atoms with E-state index in [0.717, 1.165) is 11.5 Å². The maximum absolute atomic E-state index is 5.84. The average Bonchev–Trinajstić information content (AvgIpc) is 2.77. The van der Waals surface area contributed by atoms with Crippen LogP contribution in [0.15, 0.2) is 29.5 Å². The molecule has 1 heterocycles. The van der Waals surface area contributed by atoms with Crippen LogP contribution in [0, 0.1) is 13.8 Å². The number of halogens is 1. The molecule has 0 saturated heterocycles. The number of nitrogens with two attached hydrogens (primary N) is 1. The van der Waals surface area contributed by atoms with Crippen LogP contribution in [-0.4, -0.2) is 20.7 Å². The molecule has 20 heavy (non-hydrogen) atoms. The van der Waals surface area contributed by atoms with E-state index in [-0.39, 0.29) is 24.0 Å². The predicted molar refractivity (Wildman–Crippen MR) is 91.3 cm³/mol. The van der Waals surface area contributed by atoms with E-state index >= 15 is 0 Å². The Morgan fingerprint density at radius 2 is 2.10 bits per heavy atom. The fourth-order valence-electron chi connectivity index (χ4n) is 1.61. The molecule has 0 aliphatic heterocycles. The summed E-state index contributed by atoms with van der Waals surface area (Å²) in [7, 11) is 1.87. The zero-order valence-electron chi connectivity index (χ0n) is 11.8. The van der Waals surface area contributed by atoms with Crippen molar-refractivity contribution in [1.82, 2.24) is 14.8 Å². The van der Waals surface area contributed by atoms with Gasteiger partial charge >= 0.3 is 0 Å². The molecule has 0 aliphatic rings. The van der Waals surface area contributed by atoms with Gasteiger partial charge in [-0.05, 0) is 37.1 Å². The van der Waals surface area contributed by atoms with Gasteiger partial charge in [0.05, 0.1) is 0 Å². The maximum atomic E-state index is 5.84. The molecule has 1 aromatic heterocycles. The third-order valence-electron chi connectivity index (χ3n) is 2.98. The zero-order valence-corrected chi connectivity index (χ0v) is 14.1. The Morgan fingerprint density at radius 3 is 2.70 bits per heavy atom. The summed E-state index contributed by atoms with van der Waals surface area (Å²) >= 11 is 0. The van der Waals surface area contributed by atoms with Crippen LogP contribution < -0.4 is 11.1 Å². The maximum Gasteiger partial charge on any atom is 0.193 e. The summed E-state index contributed by atoms with van der Waals surface area (Å²) in [6.45, 7) is 4.54. The molecule has 6 nitrogen and oxygen atoms in total. The highest BCUT2D eigenvalue weighted by molar-refractivity contribution is 14.0. The molecule has 0 saturated carbocycles. The van der Waals surface area contributed by atoms with E-state index in [1.54, 1.807) is 6.33 Å². The van der Waals surface area contributed by atoms with Crippen molar-refractivity contribution in [2.75, 3.05) is 5.32 Å². The summed E-state index contributed by atoms with van der Waals surface area (Å²) < 4.78 is 1.81. The van der Waals surface area contributed by atoms with Crippen molar-refractivity contribution in [3.63, 3.8) is 0 Å². The van der Waals surface area contributed by atoms with Crippen molar-refractivity contribution in [2.24, 2.45) is 17.8 Å². The van der Waals surface area contributed by atoms with E-state index in [1.807, 2.05) is 29.8 Å². The number of hydrogen-bond donors (Lipinski definition) is 2. The molecular formula is C13H19IN6. The lowest BCUT2D eigenvalue weighted by Crippen LogP contribution is -2.22. The highest BCUT2D eigenvalue weighted by Crippen LogP contribution is 2.13. The monoisotopic (exact) mass is 386 g/mol. The third-order valence-corrected chi connectivity index (χ3v) is 2.98. The molecule has 2 aromatic rings. The van der Waals surface area contributed by atoms with E-state index in [0.29, 0.717) is 12.5 Å². The van der Waals surface area contributed by atoms with Crippen molar-refractivity contribution >= 4 is 35.6 Å². The Balaban J connectivity index is 0.00000200. The first-order valence-electron chi connectivity index (χ1n) is 6.03. The molecule has 2 rings (SSSR count). The first-order valence-corrected chi connectivity index (χ1v) is 6.03. The topological polar surface area (TPSA) is 81.1 Å². The first-order chi connectivity index (χ1) is 9.06. The minimum Gasteiger partial charge on any atom is -0.370 e. The molecule has 0 amide bonds. The Kier molecular flexibility index (Phi) is 5.93. The molecule has 0 aliphatic carbocycles. The van der Waals surface area contributed by atoms with Gasteiger partial charge in [0.25, 0.3) is 0 Å². The molecule has 0 spiro atoms. The van der Waals surface area contributed by atoms with Gasteiger partial charge in [-0.15, -0.1) is 34.2 Å². The first kappa shape index (κ1) is 16.4. The molecule has 0 radical (unpaired) electrons. The normalized spacial score (nSPS) is 11.1. The lowest BCUT2D eigenvalue weighted by Gasteiger charge is -2.08. The lowest BCUT2D eigenvalue weighted by atomic mass is 10.1. The second-order valence-electron chi connectivity index (χ2n) is 4.48. The van der Waals surface area contributed by atoms with E-state index < -0.39 is 0 Å². The van der Waals surface area contributed by atoms with Crippen LogP contribution in [0.4, 0.5) is 5.69 Å². The Labute approximate surface area is 135 Å². The van der Waals surface area contributed by atoms with Gasteiger partial charge in [0.2, 0.25) is 0 Å². The van der Waals surface area contributed by atoms with Gasteiger partial charge in [0.15, 0.2) is 11.8 Å². The number of aliphatic imine (C=N–C) groups is 1. The van der Waals surface area contributed by atoms with Gasteiger partial charge in [0.1, 0.15) is 12.9 Å². The zero-order chi connectivity index (χ0) is 13.8. The van der Waals surface area contributed by atoms with Crippen LogP contribution >= 0.6 is 24.0 Å². The fraction of sp³-hybridized carbons (Fsp3) is 0.308. The highest BCUT2D eigenvalue weighted by Gasteiger charge is 2.01. The van der Waals surface area contributed by atoms with Crippen molar-refractivity contribution in [3.8, 4) is 0 Å². The molecule has 7 heteroatoms. The highest BCUT2D eigenvalue weighted by atomic mass is 127. The van der Waals surface area contributed by atoms with Crippen LogP contribution in [-0.2, 0) is 13.6 Å². The molecule has 0 fully saturated rings. The molecule has 108 valence electrons. The van der Waals surface area contributed by atoms with Crippen molar-refractivity contribution in [1.29, 1.82) is 0 Å². The third kappa shape index (κ3) is 4.19. The van der Waals surface area contributed by atoms with Crippen molar-refractivity contribution < 1.29 is 0 Å². The molecular weight excluding hydrogens is 367 g/mol. The molecule has 0 unspecified atom stereocenters. The average molecular weight is 386 g/mol. The van der Waals surface area contributed by atoms with Crippen molar-refractivity contribution in [2.45, 2.75) is 20.4 Å². The molecule has 0 bridgehead atoms. The minimum atomic E-state index is 0. The number of hydrogen-bond acceptors (Lipinski definition) is 3. The summed E-state index contributed by atoms with van der Waals surface area (Å²) in [4.78, 5) is 4.23. The standard InChI is InChI=1S/C13H18N6.HI/c1-9-4-5-11(6-10(9)2)17-13(14)15-7-12-18-16-8-19(12)3;/h4-6,8H,7H2,1-3H3,(H3,14,15,17);1H. The largest absolute Gasteiger partial charge is 0.370 e. The van der Waals surface area contributed by atoms with Gasteiger partial charge in [-0.1, -0.05) is 6.07 Å². The van der Waals surface area contributed by atoms with Crippen LogP contribution in [0.1, 0.15) is 17.0 Å². The second kappa shape index (κ2) is 7.22. The van der Waals surface area contributed by atoms with Gasteiger partial charge in [0, 0.05) is 12.7 Å². The number of anilines is 1. The fourth-order valence-corrected chi connectivity index (χ4v) is 1.61. The van der Waals surface area contributed by atoms with Gasteiger partial charge < -0.3 is 15.6 Å². The lowest BCUT2D eigenvalue weighted by molar-refractivity contribution is 0.792. The minimum absolute atomic E-state index is 0. The number of nitrogens with one attached hydrogen (secondary N) is 1. The number of guanidine groups is 1. The molecule has 3 N–H and O–H groups in total. The summed E-state index contributed by atoms with van der Waals surface area (Å²) in [6.07, 6.45) is 1.64. The van der Waals surface area contributed by atoms with Crippen LogP contribution in [0.25, 0.3) is 0 Å². The molecule has 0 atom stereocenters. The van der Waals surface area contributed by atoms with E-state index in [4.69, 9.17) is 5.73 Å².